The summed E-state index contributed by atoms with van der Waals surface area (Å²) >= 11 is 11.6. The predicted octanol–water partition coefficient (Wildman–Crippen LogP) is 4.82. The third-order valence-corrected chi connectivity index (χ3v) is 12.0. The number of fused-ring (bicyclic) bond motifs is 2. The van der Waals surface area contributed by atoms with Gasteiger partial charge in [-0.2, -0.15) is 0 Å². The zero-order chi connectivity index (χ0) is 25.2. The molecule has 0 N–H and O–H groups in total. The van der Waals surface area contributed by atoms with Crippen LogP contribution in [0.1, 0.15) is 29.2 Å². The van der Waals surface area contributed by atoms with Crippen LogP contribution in [0.5, 0.6) is 0 Å². The summed E-state index contributed by atoms with van der Waals surface area (Å²) in [6, 6.07) is 15.9. The molecular weight excluding hydrogens is 558 g/mol. The van der Waals surface area contributed by atoms with E-state index in [9.17, 15) is 0 Å². The maximum Gasteiger partial charge on any atom is 0.328 e. The summed E-state index contributed by atoms with van der Waals surface area (Å²) in [6.07, 6.45) is -2.45. The summed E-state index contributed by atoms with van der Waals surface area (Å²) in [4.78, 5) is 0. The summed E-state index contributed by atoms with van der Waals surface area (Å²) < 4.78 is 55.2. The van der Waals surface area contributed by atoms with Gasteiger partial charge >= 0.3 is 13.4 Å². The third-order valence-electron chi connectivity index (χ3n) is 7.39. The Hall–Kier alpha value is -0.620. The van der Waals surface area contributed by atoms with Gasteiger partial charge in [0.15, 0.2) is 0 Å². The van der Waals surface area contributed by atoms with Gasteiger partial charge in [0.2, 0.25) is 0 Å². The lowest BCUT2D eigenvalue weighted by molar-refractivity contribution is -0.471. The SMILES string of the molecule is CC1C2OC3OC1C(OP1(=S)OCc4ccccc4CO1)C(O3)C2OP1(=S)OCc2ccccc2CO1. The van der Waals surface area contributed by atoms with Crippen molar-refractivity contribution in [2.45, 2.75) is 70.3 Å². The Kier molecular flexibility index (Phi) is 6.70. The normalized spacial score (nSPS) is 37.3. The van der Waals surface area contributed by atoms with Gasteiger partial charge in [0.25, 0.3) is 6.48 Å². The highest BCUT2D eigenvalue weighted by Crippen LogP contribution is 2.61. The molecule has 4 atom stereocenters. The molecule has 0 aromatic heterocycles. The zero-order valence-corrected chi connectivity index (χ0v) is 23.3. The molecule has 8 rings (SSSR count). The molecule has 4 bridgehead atoms. The molecule has 4 unspecified atom stereocenters. The molecule has 0 radical (unpaired) electrons. The van der Waals surface area contributed by atoms with E-state index >= 15 is 0 Å². The van der Waals surface area contributed by atoms with Gasteiger partial charge in [-0.25, -0.2) is 0 Å². The lowest BCUT2D eigenvalue weighted by atomic mass is 9.77. The molecule has 0 spiro atoms. The highest BCUT2D eigenvalue weighted by Gasteiger charge is 2.63. The van der Waals surface area contributed by atoms with E-state index in [1.165, 1.54) is 0 Å². The van der Waals surface area contributed by atoms with E-state index < -0.39 is 38.2 Å². The van der Waals surface area contributed by atoms with Gasteiger partial charge in [-0.1, -0.05) is 55.5 Å². The van der Waals surface area contributed by atoms with Crippen LogP contribution in [0, 0.1) is 5.92 Å². The molecule has 3 saturated heterocycles. The average Bonchev–Trinajstić information content (AvgIpc) is 3.18. The van der Waals surface area contributed by atoms with E-state index in [1.54, 1.807) is 0 Å². The lowest BCUT2D eigenvalue weighted by Gasteiger charge is -2.58. The second kappa shape index (κ2) is 9.78. The third kappa shape index (κ3) is 4.72. The molecule has 4 fully saturated rings. The summed E-state index contributed by atoms with van der Waals surface area (Å²) in [5, 5.41) is 0. The first-order valence-electron chi connectivity index (χ1n) is 12.1. The molecule has 1 saturated carbocycles. The molecule has 5 heterocycles. The maximum atomic E-state index is 6.46. The van der Waals surface area contributed by atoms with Crippen LogP contribution in [0.2, 0.25) is 0 Å². The van der Waals surface area contributed by atoms with Crippen LogP contribution in [0.25, 0.3) is 0 Å². The Morgan fingerprint density at radius 2 is 0.973 bits per heavy atom. The molecular formula is C24H26O9P2S2. The first-order chi connectivity index (χ1) is 17.9. The zero-order valence-electron chi connectivity index (χ0n) is 19.9. The molecule has 6 aliphatic rings. The fourth-order valence-electron chi connectivity index (χ4n) is 5.39. The average molecular weight is 585 g/mol. The Morgan fingerprint density at radius 3 is 1.35 bits per heavy atom. The van der Waals surface area contributed by atoms with Gasteiger partial charge in [0, 0.05) is 5.92 Å². The summed E-state index contributed by atoms with van der Waals surface area (Å²) in [5.74, 6) is -0.0945. The van der Waals surface area contributed by atoms with Crippen LogP contribution >= 0.6 is 13.4 Å². The van der Waals surface area contributed by atoms with Crippen LogP contribution < -0.4 is 0 Å². The van der Waals surface area contributed by atoms with Crippen molar-refractivity contribution >= 4 is 37.1 Å². The standard InChI is InChI=1S/C24H26O9P2S2/c1-14-19-22(32-34(36)25-10-15-6-2-3-7-16(15)11-26-34)21-23(20(14)30-24(29-19)31-21)33-35(37)27-12-17-8-4-5-9-18(17)13-28-35/h2-9,14,19-24H,10-13H2,1H3. The molecule has 1 aliphatic carbocycles. The molecule has 0 amide bonds. The van der Waals surface area contributed by atoms with Gasteiger partial charge in [-0.3, -0.25) is 9.05 Å². The van der Waals surface area contributed by atoms with Crippen LogP contribution in [0.4, 0.5) is 0 Å². The first kappa shape index (κ1) is 25.4. The Bertz CT molecular complexity index is 1140. The number of benzene rings is 2. The summed E-state index contributed by atoms with van der Waals surface area (Å²) in [5.41, 5.74) is 4.11. The fourth-order valence-corrected chi connectivity index (χ4v) is 9.28. The van der Waals surface area contributed by atoms with E-state index in [1.807, 2.05) is 55.5 Å². The highest BCUT2D eigenvalue weighted by atomic mass is 32.5. The lowest BCUT2D eigenvalue weighted by Crippen LogP contribution is -2.73. The van der Waals surface area contributed by atoms with Crippen molar-refractivity contribution in [1.82, 2.24) is 0 Å². The first-order valence-corrected chi connectivity index (χ1v) is 17.3. The van der Waals surface area contributed by atoms with E-state index in [4.69, 9.17) is 65.0 Å². The monoisotopic (exact) mass is 584 g/mol. The highest BCUT2D eigenvalue weighted by molar-refractivity contribution is 8.07. The predicted molar refractivity (Wildman–Crippen MR) is 138 cm³/mol. The minimum absolute atomic E-state index is 0.0945. The smallest absolute Gasteiger partial charge is 0.323 e. The van der Waals surface area contributed by atoms with Crippen molar-refractivity contribution in [2.75, 3.05) is 0 Å². The van der Waals surface area contributed by atoms with Crippen molar-refractivity contribution in [3.05, 3.63) is 70.8 Å². The molecule has 13 heteroatoms. The Morgan fingerprint density at radius 1 is 0.622 bits per heavy atom. The Balaban J connectivity index is 1.12. The molecule has 198 valence electrons. The number of hydrogen-bond acceptors (Lipinski definition) is 11. The van der Waals surface area contributed by atoms with E-state index in [0.29, 0.717) is 26.4 Å². The molecule has 37 heavy (non-hydrogen) atoms. The minimum Gasteiger partial charge on any atom is -0.323 e. The number of hydrogen-bond donors (Lipinski definition) is 0. The topological polar surface area (TPSA) is 83.1 Å². The van der Waals surface area contributed by atoms with Crippen LogP contribution in [0.15, 0.2) is 48.5 Å². The second-order valence-corrected chi connectivity index (χ2v) is 15.5. The van der Waals surface area contributed by atoms with E-state index in [0.717, 1.165) is 22.3 Å². The summed E-state index contributed by atoms with van der Waals surface area (Å²) in [6.45, 7) is -3.80. The minimum atomic E-state index is -3.13. The van der Waals surface area contributed by atoms with Crippen molar-refractivity contribution in [3.63, 3.8) is 0 Å². The van der Waals surface area contributed by atoms with E-state index in [2.05, 4.69) is 0 Å². The van der Waals surface area contributed by atoms with E-state index in [-0.39, 0.29) is 18.1 Å². The van der Waals surface area contributed by atoms with Gasteiger partial charge in [0.05, 0.1) is 38.6 Å². The Labute approximate surface area is 225 Å². The van der Waals surface area contributed by atoms with Crippen molar-refractivity contribution in [2.24, 2.45) is 5.92 Å². The second-order valence-electron chi connectivity index (χ2n) is 9.62. The fraction of sp³-hybridized carbons (Fsp3) is 0.500. The van der Waals surface area contributed by atoms with Crippen LogP contribution in [-0.4, -0.2) is 37.0 Å². The van der Waals surface area contributed by atoms with Gasteiger partial charge < -0.3 is 32.3 Å². The molecule has 2 aromatic rings. The van der Waals surface area contributed by atoms with Gasteiger partial charge in [-0.05, 0) is 45.9 Å². The van der Waals surface area contributed by atoms with Crippen molar-refractivity contribution < 1.29 is 41.4 Å². The molecule has 5 aliphatic heterocycles. The largest absolute Gasteiger partial charge is 0.328 e. The maximum absolute atomic E-state index is 6.46. The van der Waals surface area contributed by atoms with Crippen LogP contribution in [-0.2, 0) is 91.4 Å². The van der Waals surface area contributed by atoms with Crippen LogP contribution in [0.3, 0.4) is 0 Å². The molecule has 9 nitrogen and oxygen atoms in total. The van der Waals surface area contributed by atoms with Gasteiger partial charge in [-0.15, -0.1) is 0 Å². The van der Waals surface area contributed by atoms with Gasteiger partial charge in [0.1, 0.15) is 18.3 Å². The van der Waals surface area contributed by atoms with Crippen molar-refractivity contribution in [1.29, 1.82) is 0 Å². The quantitative estimate of drug-likeness (QED) is 0.464. The van der Waals surface area contributed by atoms with Crippen molar-refractivity contribution in [3.8, 4) is 0 Å². The number of rotatable bonds is 4. The number of ether oxygens (including phenoxy) is 3. The summed E-state index contributed by atoms with van der Waals surface area (Å²) in [7, 11) is 0. The molecule has 2 aromatic carbocycles.